The van der Waals surface area contributed by atoms with Gasteiger partial charge in [-0.2, -0.15) is 0 Å². The lowest BCUT2D eigenvalue weighted by molar-refractivity contribution is -0.0407. The van der Waals surface area contributed by atoms with Gasteiger partial charge in [0.1, 0.15) is 24.2 Å². The summed E-state index contributed by atoms with van der Waals surface area (Å²) in [6, 6.07) is 0. The summed E-state index contributed by atoms with van der Waals surface area (Å²) < 4.78 is 18.2. The van der Waals surface area contributed by atoms with Crippen LogP contribution in [-0.4, -0.2) is 54.9 Å². The maximum Gasteiger partial charge on any atom is 0.324 e. The fourth-order valence-corrected chi connectivity index (χ4v) is 4.02. The minimum absolute atomic E-state index is 0.103. The average molecular weight is 455 g/mol. The summed E-state index contributed by atoms with van der Waals surface area (Å²) in [6.07, 6.45) is 6.61. The number of rotatable bonds is 10. The Morgan fingerprint density at radius 2 is 2.23 bits per heavy atom. The Hall–Kier alpha value is -1.72. The van der Waals surface area contributed by atoms with E-state index in [1.54, 1.807) is 10.6 Å². The van der Waals surface area contributed by atoms with E-state index in [0.29, 0.717) is 17.6 Å². The molecule has 1 aliphatic rings. The normalized spacial score (nSPS) is 23.9. The predicted octanol–water partition coefficient (Wildman–Crippen LogP) is 2.22. The number of nitrogens with zero attached hydrogens (tertiary/aromatic N) is 4. The Balaban J connectivity index is 1.50. The second-order valence-corrected chi connectivity index (χ2v) is 9.88. The molecule has 3 heterocycles. The summed E-state index contributed by atoms with van der Waals surface area (Å²) in [7, 11) is 0. The number of fused-ring (bicyclic) bond motifs is 1. The average Bonchev–Trinajstić information content (AvgIpc) is 3.27. The number of hydrogen-bond donors (Lipinski definition) is 3. The fraction of sp³-hybridized carbons (Fsp3) is 0.500. The second kappa shape index (κ2) is 10.1. The van der Waals surface area contributed by atoms with Crippen LogP contribution in [0.2, 0.25) is 0 Å². The van der Waals surface area contributed by atoms with Crippen molar-refractivity contribution in [3.63, 3.8) is 0 Å². The van der Waals surface area contributed by atoms with Gasteiger partial charge >= 0.3 is 6.72 Å². The molecule has 2 aromatic heterocycles. The summed E-state index contributed by atoms with van der Waals surface area (Å²) in [4.78, 5) is 22.5. The van der Waals surface area contributed by atoms with E-state index < -0.39 is 25.2 Å². The number of allylic oxidation sites excluding steroid dienone is 2. The zero-order chi connectivity index (χ0) is 21.7. The van der Waals surface area contributed by atoms with Crippen molar-refractivity contribution in [3.8, 4) is 0 Å². The highest BCUT2D eigenvalue weighted by Crippen LogP contribution is 2.44. The zero-order valence-electron chi connectivity index (χ0n) is 16.6. The summed E-state index contributed by atoms with van der Waals surface area (Å²) in [5, 5.41) is 10.3. The van der Waals surface area contributed by atoms with Crippen LogP contribution in [0.4, 0.5) is 5.82 Å². The molecule has 1 fully saturated rings. The number of imidazole rings is 1. The van der Waals surface area contributed by atoms with E-state index in [-0.39, 0.29) is 19.0 Å². The summed E-state index contributed by atoms with van der Waals surface area (Å²) in [5.41, 5.74) is 7.88. The molecule has 1 saturated heterocycles. The van der Waals surface area contributed by atoms with E-state index in [9.17, 15) is 10.00 Å². The van der Waals surface area contributed by atoms with Crippen molar-refractivity contribution in [2.75, 3.05) is 18.9 Å². The molecule has 10 nitrogen and oxygen atoms in total. The van der Waals surface area contributed by atoms with Crippen LogP contribution in [0.5, 0.6) is 0 Å². The number of nitrogens with two attached hydrogens (primary N) is 1. The van der Waals surface area contributed by atoms with E-state index in [1.807, 2.05) is 13.0 Å². The first-order valence-corrected chi connectivity index (χ1v) is 12.0. The van der Waals surface area contributed by atoms with Crippen molar-refractivity contribution in [1.82, 2.24) is 19.5 Å². The van der Waals surface area contributed by atoms with Crippen LogP contribution in [0.15, 0.2) is 37.0 Å². The number of ether oxygens (including phenoxy) is 1. The van der Waals surface area contributed by atoms with Crippen LogP contribution < -0.4 is 5.73 Å². The summed E-state index contributed by atoms with van der Waals surface area (Å²) in [5.74, 6) is 0.268. The van der Waals surface area contributed by atoms with Crippen LogP contribution in [0.1, 0.15) is 32.4 Å². The standard InChI is InChI=1S/C18H26N5O5PS/c1-12(2)6-4-3-5-7-26-29(25,30)27-9-14-13(24)8-15(28-14)23-11-22-16-17(19)20-10-21-18(16)23/h3,5,10-11,13-15,24H,1,4,6-9H2,2H3,(H,25,30)(H2,19,20,21)/b5-3+/t13-,14+,15+,29?/m0/s1. The van der Waals surface area contributed by atoms with Gasteiger partial charge in [0.2, 0.25) is 0 Å². The van der Waals surface area contributed by atoms with Gasteiger partial charge in [-0.1, -0.05) is 17.7 Å². The van der Waals surface area contributed by atoms with Crippen LogP contribution >= 0.6 is 6.72 Å². The molecule has 0 aromatic carbocycles. The molecule has 0 aliphatic carbocycles. The van der Waals surface area contributed by atoms with Crippen molar-refractivity contribution < 1.29 is 23.8 Å². The van der Waals surface area contributed by atoms with E-state index in [1.165, 1.54) is 12.7 Å². The van der Waals surface area contributed by atoms with Crippen molar-refractivity contribution in [1.29, 1.82) is 0 Å². The predicted molar refractivity (Wildman–Crippen MR) is 116 cm³/mol. The number of aromatic nitrogens is 4. The molecule has 12 heteroatoms. The third kappa shape index (κ3) is 5.92. The van der Waals surface area contributed by atoms with Gasteiger partial charge < -0.3 is 29.5 Å². The van der Waals surface area contributed by atoms with Gasteiger partial charge in [0, 0.05) is 6.42 Å². The Kier molecular flexibility index (Phi) is 7.70. The number of aliphatic hydroxyl groups is 1. The van der Waals surface area contributed by atoms with Gasteiger partial charge in [0.15, 0.2) is 11.5 Å². The van der Waals surface area contributed by atoms with Crippen molar-refractivity contribution in [2.45, 2.75) is 44.6 Å². The third-order valence-corrected chi connectivity index (χ3v) is 6.12. The van der Waals surface area contributed by atoms with Crippen LogP contribution in [0, 0.1) is 0 Å². The number of anilines is 1. The topological polar surface area (TPSA) is 138 Å². The van der Waals surface area contributed by atoms with Gasteiger partial charge in [-0.25, -0.2) is 15.0 Å². The molecule has 30 heavy (non-hydrogen) atoms. The SMILES string of the molecule is C=C(C)CC/C=C/COP(O)(=S)OC[C@H]1O[C@@H](n2cnc3c(N)ncnc32)C[C@@H]1O. The number of aliphatic hydroxyl groups excluding tert-OH is 1. The van der Waals surface area contributed by atoms with E-state index >= 15 is 0 Å². The summed E-state index contributed by atoms with van der Waals surface area (Å²) >= 11 is 5.01. The van der Waals surface area contributed by atoms with Crippen molar-refractivity contribution in [2.24, 2.45) is 0 Å². The first-order chi connectivity index (χ1) is 14.3. The Bertz CT molecular complexity index is 968. The first kappa shape index (κ1) is 23.0. The molecule has 1 unspecified atom stereocenters. The molecule has 3 rings (SSSR count). The molecule has 0 amide bonds. The Morgan fingerprint density at radius 1 is 1.43 bits per heavy atom. The molecule has 0 spiro atoms. The van der Waals surface area contributed by atoms with E-state index in [0.717, 1.165) is 18.4 Å². The van der Waals surface area contributed by atoms with Crippen LogP contribution in [0.25, 0.3) is 11.2 Å². The minimum Gasteiger partial charge on any atom is -0.390 e. The van der Waals surface area contributed by atoms with Crippen LogP contribution in [0.3, 0.4) is 0 Å². The fourth-order valence-electron chi connectivity index (χ4n) is 2.97. The van der Waals surface area contributed by atoms with Gasteiger partial charge in [0.05, 0.1) is 25.6 Å². The van der Waals surface area contributed by atoms with Gasteiger partial charge in [-0.3, -0.25) is 4.57 Å². The lowest BCUT2D eigenvalue weighted by Gasteiger charge is -2.19. The van der Waals surface area contributed by atoms with Crippen LogP contribution in [-0.2, 0) is 25.6 Å². The maximum absolute atomic E-state index is 10.3. The molecule has 4 atom stereocenters. The van der Waals surface area contributed by atoms with Crippen molar-refractivity contribution in [3.05, 3.63) is 37.0 Å². The monoisotopic (exact) mass is 455 g/mol. The quantitative estimate of drug-likeness (QED) is 0.361. The maximum atomic E-state index is 10.3. The van der Waals surface area contributed by atoms with Gasteiger partial charge in [0.25, 0.3) is 0 Å². The zero-order valence-corrected chi connectivity index (χ0v) is 18.3. The molecule has 1 aliphatic heterocycles. The minimum atomic E-state index is -3.45. The highest BCUT2D eigenvalue weighted by molar-refractivity contribution is 8.07. The molecule has 0 bridgehead atoms. The lowest BCUT2D eigenvalue weighted by atomic mass is 10.2. The molecule has 164 valence electrons. The van der Waals surface area contributed by atoms with Gasteiger partial charge in [-0.15, -0.1) is 6.58 Å². The highest BCUT2D eigenvalue weighted by atomic mass is 32.5. The highest BCUT2D eigenvalue weighted by Gasteiger charge is 2.37. The Morgan fingerprint density at radius 3 is 3.00 bits per heavy atom. The molecule has 4 N–H and O–H groups in total. The number of hydrogen-bond acceptors (Lipinski definition) is 9. The molecule has 0 radical (unpaired) electrons. The Labute approximate surface area is 179 Å². The molecule has 2 aromatic rings. The third-order valence-electron chi connectivity index (χ3n) is 4.54. The lowest BCUT2D eigenvalue weighted by Crippen LogP contribution is -2.26. The second-order valence-electron chi connectivity index (χ2n) is 7.04. The smallest absolute Gasteiger partial charge is 0.324 e. The molecule has 0 saturated carbocycles. The van der Waals surface area contributed by atoms with E-state index in [4.69, 9.17) is 31.3 Å². The number of nitrogen functional groups attached to an aromatic ring is 1. The van der Waals surface area contributed by atoms with Crippen molar-refractivity contribution >= 4 is 35.5 Å². The summed E-state index contributed by atoms with van der Waals surface area (Å²) in [6.45, 7) is 2.39. The molecular formula is C18H26N5O5PS. The molecular weight excluding hydrogens is 429 g/mol. The van der Waals surface area contributed by atoms with Gasteiger partial charge in [-0.05, 0) is 31.6 Å². The largest absolute Gasteiger partial charge is 0.390 e. The van der Waals surface area contributed by atoms with E-state index in [2.05, 4.69) is 21.5 Å². The first-order valence-electron chi connectivity index (χ1n) is 9.44.